The van der Waals surface area contributed by atoms with Crippen molar-refractivity contribution in [3.8, 4) is 0 Å². The highest BCUT2D eigenvalue weighted by atomic mass is 16.2. The molecule has 0 aliphatic carbocycles. The number of rotatable bonds is 5. The van der Waals surface area contributed by atoms with Gasteiger partial charge in [-0.1, -0.05) is 12.6 Å². The first kappa shape index (κ1) is 17.3. The molecule has 0 atom stereocenters. The lowest BCUT2D eigenvalue weighted by atomic mass is 10.1. The molecule has 0 spiro atoms. The van der Waals surface area contributed by atoms with Crippen LogP contribution >= 0.6 is 0 Å². The molecule has 1 aromatic carbocycles. The zero-order chi connectivity index (χ0) is 16.8. The van der Waals surface area contributed by atoms with Gasteiger partial charge in [0.25, 0.3) is 0 Å². The van der Waals surface area contributed by atoms with Crippen LogP contribution in [0.3, 0.4) is 0 Å². The third kappa shape index (κ3) is 5.58. The second-order valence-corrected chi connectivity index (χ2v) is 6.16. The van der Waals surface area contributed by atoms with Crippen molar-refractivity contribution in [2.24, 2.45) is 5.73 Å². The predicted octanol–water partition coefficient (Wildman–Crippen LogP) is 1.41. The molecule has 1 aromatic rings. The van der Waals surface area contributed by atoms with Crippen LogP contribution in [0.2, 0.25) is 0 Å². The standard InChI is InChI=1S/C17H27N5O/c1-13-5-6-15(11-16(13)19-14(2)18)20-17(23)12-22-8-4-7-21(3)9-10-22/h5-6,11,19H,2,4,7-10,12,18H2,1,3H3,(H,20,23). The van der Waals surface area contributed by atoms with Crippen molar-refractivity contribution < 1.29 is 4.79 Å². The molecular weight excluding hydrogens is 290 g/mol. The number of nitrogens with two attached hydrogens (primary N) is 1. The number of nitrogens with one attached hydrogen (secondary N) is 2. The zero-order valence-corrected chi connectivity index (χ0v) is 14.1. The topological polar surface area (TPSA) is 73.6 Å². The van der Waals surface area contributed by atoms with Crippen LogP contribution < -0.4 is 16.4 Å². The van der Waals surface area contributed by atoms with Gasteiger partial charge in [0, 0.05) is 24.5 Å². The van der Waals surface area contributed by atoms with Crippen molar-refractivity contribution >= 4 is 17.3 Å². The Morgan fingerprint density at radius 2 is 2.04 bits per heavy atom. The minimum atomic E-state index is 0.0101. The van der Waals surface area contributed by atoms with E-state index in [2.05, 4.69) is 34.1 Å². The Labute approximate surface area is 138 Å². The molecule has 0 unspecified atom stereocenters. The first-order valence-corrected chi connectivity index (χ1v) is 7.97. The SMILES string of the molecule is C=C(N)Nc1cc(NC(=O)CN2CCCN(C)CC2)ccc1C. The summed E-state index contributed by atoms with van der Waals surface area (Å²) in [5.74, 6) is 0.390. The van der Waals surface area contributed by atoms with E-state index in [1.165, 1.54) is 0 Å². The Bertz CT molecular complexity index is 572. The van der Waals surface area contributed by atoms with Crippen LogP contribution in [0.15, 0.2) is 30.6 Å². The van der Waals surface area contributed by atoms with E-state index in [0.29, 0.717) is 12.4 Å². The highest BCUT2D eigenvalue weighted by Gasteiger charge is 2.15. The molecule has 23 heavy (non-hydrogen) atoms. The van der Waals surface area contributed by atoms with E-state index >= 15 is 0 Å². The van der Waals surface area contributed by atoms with Gasteiger partial charge in [0.2, 0.25) is 5.91 Å². The molecule has 126 valence electrons. The fourth-order valence-electron chi connectivity index (χ4n) is 2.67. The molecule has 6 heteroatoms. The number of anilines is 2. The summed E-state index contributed by atoms with van der Waals surface area (Å²) in [7, 11) is 2.12. The molecule has 0 aromatic heterocycles. The molecule has 1 heterocycles. The summed E-state index contributed by atoms with van der Waals surface area (Å²) in [5, 5.41) is 5.95. The molecule has 6 nitrogen and oxygen atoms in total. The molecular formula is C17H27N5O. The number of benzene rings is 1. The van der Waals surface area contributed by atoms with E-state index in [9.17, 15) is 4.79 Å². The largest absolute Gasteiger partial charge is 0.386 e. The molecule has 1 amide bonds. The fraction of sp³-hybridized carbons (Fsp3) is 0.471. The number of aryl methyl sites for hydroxylation is 1. The lowest BCUT2D eigenvalue weighted by Gasteiger charge is -2.19. The summed E-state index contributed by atoms with van der Waals surface area (Å²) < 4.78 is 0. The lowest BCUT2D eigenvalue weighted by molar-refractivity contribution is -0.117. The molecule has 1 aliphatic heterocycles. The van der Waals surface area contributed by atoms with Crippen LogP contribution in [0.5, 0.6) is 0 Å². The van der Waals surface area contributed by atoms with Gasteiger partial charge in [-0.25, -0.2) is 0 Å². The van der Waals surface area contributed by atoms with E-state index in [4.69, 9.17) is 5.73 Å². The maximum Gasteiger partial charge on any atom is 0.238 e. The van der Waals surface area contributed by atoms with Crippen molar-refractivity contribution in [3.63, 3.8) is 0 Å². The van der Waals surface area contributed by atoms with Crippen LogP contribution in [-0.2, 0) is 4.79 Å². The van der Waals surface area contributed by atoms with Gasteiger partial charge >= 0.3 is 0 Å². The molecule has 0 saturated carbocycles. The highest BCUT2D eigenvalue weighted by Crippen LogP contribution is 2.21. The Morgan fingerprint density at radius 1 is 1.26 bits per heavy atom. The van der Waals surface area contributed by atoms with Gasteiger partial charge in [-0.05, 0) is 51.2 Å². The number of carbonyl (C=O) groups excluding carboxylic acids is 1. The second kappa shape index (κ2) is 7.99. The van der Waals surface area contributed by atoms with Gasteiger partial charge in [-0.3, -0.25) is 9.69 Å². The summed E-state index contributed by atoms with van der Waals surface area (Å²) in [4.78, 5) is 16.8. The maximum atomic E-state index is 12.3. The summed E-state index contributed by atoms with van der Waals surface area (Å²) in [6.45, 7) is 10.0. The molecule has 1 aliphatic rings. The number of amides is 1. The minimum absolute atomic E-state index is 0.0101. The van der Waals surface area contributed by atoms with Gasteiger partial charge in [-0.2, -0.15) is 0 Å². The third-order valence-electron chi connectivity index (χ3n) is 4.00. The third-order valence-corrected chi connectivity index (χ3v) is 4.00. The summed E-state index contributed by atoms with van der Waals surface area (Å²) >= 11 is 0. The van der Waals surface area contributed by atoms with E-state index in [1.807, 2.05) is 25.1 Å². The molecule has 0 radical (unpaired) electrons. The van der Waals surface area contributed by atoms with Gasteiger partial charge in [0.05, 0.1) is 12.4 Å². The second-order valence-electron chi connectivity index (χ2n) is 6.16. The normalized spacial score (nSPS) is 16.6. The number of nitrogens with zero attached hydrogens (tertiary/aromatic N) is 2. The predicted molar refractivity (Wildman–Crippen MR) is 95.3 cm³/mol. The monoisotopic (exact) mass is 317 g/mol. The van der Waals surface area contributed by atoms with Gasteiger partial charge in [0.1, 0.15) is 0 Å². The maximum absolute atomic E-state index is 12.3. The molecule has 1 fully saturated rings. The summed E-state index contributed by atoms with van der Waals surface area (Å²) in [6, 6.07) is 5.72. The number of likely N-dealkylation sites (N-methyl/N-ethyl adjacent to an activating group) is 1. The lowest BCUT2D eigenvalue weighted by Crippen LogP contribution is -2.35. The minimum Gasteiger partial charge on any atom is -0.386 e. The number of hydrogen-bond donors (Lipinski definition) is 3. The molecule has 0 bridgehead atoms. The van der Waals surface area contributed by atoms with E-state index in [-0.39, 0.29) is 5.91 Å². The zero-order valence-electron chi connectivity index (χ0n) is 14.1. The van der Waals surface area contributed by atoms with Gasteiger partial charge in [0.15, 0.2) is 0 Å². The quantitative estimate of drug-likeness (QED) is 0.766. The number of carbonyl (C=O) groups is 1. The van der Waals surface area contributed by atoms with Crippen molar-refractivity contribution in [1.29, 1.82) is 0 Å². The Hall–Kier alpha value is -2.05. The van der Waals surface area contributed by atoms with Crippen molar-refractivity contribution in [1.82, 2.24) is 9.80 Å². The van der Waals surface area contributed by atoms with Crippen molar-refractivity contribution in [2.75, 3.05) is 50.4 Å². The summed E-state index contributed by atoms with van der Waals surface area (Å²) in [6.07, 6.45) is 1.10. The Balaban J connectivity index is 1.93. The average Bonchev–Trinajstić information content (AvgIpc) is 2.67. The molecule has 1 saturated heterocycles. The van der Waals surface area contributed by atoms with Crippen molar-refractivity contribution in [2.45, 2.75) is 13.3 Å². The highest BCUT2D eigenvalue weighted by molar-refractivity contribution is 5.92. The van der Waals surface area contributed by atoms with Crippen LogP contribution in [-0.4, -0.2) is 55.5 Å². The molecule has 2 rings (SSSR count). The Morgan fingerprint density at radius 3 is 2.78 bits per heavy atom. The van der Waals surface area contributed by atoms with Crippen LogP contribution in [0.4, 0.5) is 11.4 Å². The van der Waals surface area contributed by atoms with Crippen molar-refractivity contribution in [3.05, 3.63) is 36.2 Å². The number of hydrogen-bond acceptors (Lipinski definition) is 5. The van der Waals surface area contributed by atoms with Gasteiger partial charge < -0.3 is 21.3 Å². The van der Waals surface area contributed by atoms with E-state index < -0.39 is 0 Å². The summed E-state index contributed by atoms with van der Waals surface area (Å²) in [5.41, 5.74) is 8.25. The molecule has 4 N–H and O–H groups in total. The Kier molecular flexibility index (Phi) is 6.01. The fourth-order valence-corrected chi connectivity index (χ4v) is 2.67. The van der Waals surface area contributed by atoms with Crippen LogP contribution in [0, 0.1) is 6.92 Å². The van der Waals surface area contributed by atoms with Gasteiger partial charge in [-0.15, -0.1) is 0 Å². The van der Waals surface area contributed by atoms with E-state index in [0.717, 1.165) is 49.5 Å². The first-order valence-electron chi connectivity index (χ1n) is 7.97. The van der Waals surface area contributed by atoms with E-state index in [1.54, 1.807) is 0 Å². The first-order chi connectivity index (χ1) is 10.9. The average molecular weight is 317 g/mol. The smallest absolute Gasteiger partial charge is 0.238 e. The van der Waals surface area contributed by atoms with Crippen LogP contribution in [0.1, 0.15) is 12.0 Å². The van der Waals surface area contributed by atoms with Crippen LogP contribution in [0.25, 0.3) is 0 Å².